The van der Waals surface area contributed by atoms with Crippen LogP contribution in [0.5, 0.6) is 0 Å². The fraction of sp³-hybridized carbons (Fsp3) is 0.304. The lowest BCUT2D eigenvalue weighted by Gasteiger charge is -2.19. The van der Waals surface area contributed by atoms with Crippen LogP contribution in [0.15, 0.2) is 48.5 Å². The smallest absolute Gasteiger partial charge is 0.407 e. The average molecular weight is 407 g/mol. The van der Waals surface area contributed by atoms with Crippen LogP contribution in [0.1, 0.15) is 43.7 Å². The number of aromatic nitrogens is 2. The highest BCUT2D eigenvalue weighted by molar-refractivity contribution is 6.02. The van der Waals surface area contributed by atoms with E-state index in [1.165, 1.54) is 0 Å². The number of rotatable bonds is 5. The summed E-state index contributed by atoms with van der Waals surface area (Å²) in [6, 6.07) is 14.8. The van der Waals surface area contributed by atoms with Gasteiger partial charge >= 0.3 is 12.1 Å². The standard InChI is InChI=1S/C23H25N3O4/c1-5-29-21(27)19-17-11-6-7-12-18(17)25-20(26-19)16-10-8-9-15(13-16)14-24-22(28)30-23(2,3)4/h6-13H,5,14H2,1-4H3,(H,24,28). The van der Waals surface area contributed by atoms with Gasteiger partial charge in [0.05, 0.1) is 12.1 Å². The lowest BCUT2D eigenvalue weighted by Crippen LogP contribution is -2.32. The van der Waals surface area contributed by atoms with Gasteiger partial charge in [0.1, 0.15) is 5.60 Å². The Bertz CT molecular complexity index is 1070. The molecule has 1 N–H and O–H groups in total. The van der Waals surface area contributed by atoms with Crippen LogP contribution in [0.3, 0.4) is 0 Å². The van der Waals surface area contributed by atoms with Crippen molar-refractivity contribution >= 4 is 23.0 Å². The summed E-state index contributed by atoms with van der Waals surface area (Å²) < 4.78 is 10.4. The number of hydrogen-bond donors (Lipinski definition) is 1. The molecule has 0 bridgehead atoms. The maximum absolute atomic E-state index is 12.4. The summed E-state index contributed by atoms with van der Waals surface area (Å²) in [7, 11) is 0. The van der Waals surface area contributed by atoms with Gasteiger partial charge in [-0.05, 0) is 45.4 Å². The van der Waals surface area contributed by atoms with Gasteiger partial charge in [-0.15, -0.1) is 0 Å². The van der Waals surface area contributed by atoms with Crippen LogP contribution in [0.4, 0.5) is 4.79 Å². The summed E-state index contributed by atoms with van der Waals surface area (Å²) in [5.74, 6) is -0.0732. The summed E-state index contributed by atoms with van der Waals surface area (Å²) in [5, 5.41) is 3.38. The first-order valence-electron chi connectivity index (χ1n) is 9.77. The van der Waals surface area contributed by atoms with Crippen molar-refractivity contribution in [2.45, 2.75) is 39.8 Å². The van der Waals surface area contributed by atoms with E-state index in [2.05, 4.69) is 15.3 Å². The van der Waals surface area contributed by atoms with Crippen LogP contribution in [0.2, 0.25) is 0 Å². The third-order valence-electron chi connectivity index (χ3n) is 4.09. The molecule has 1 amide bonds. The molecule has 0 aliphatic rings. The molecule has 30 heavy (non-hydrogen) atoms. The Morgan fingerprint density at radius 1 is 1.03 bits per heavy atom. The van der Waals surface area contributed by atoms with Crippen LogP contribution in [-0.4, -0.2) is 34.2 Å². The van der Waals surface area contributed by atoms with Crippen LogP contribution in [-0.2, 0) is 16.0 Å². The minimum absolute atomic E-state index is 0.231. The van der Waals surface area contributed by atoms with E-state index in [0.29, 0.717) is 23.3 Å². The number of carbonyl (C=O) groups excluding carboxylic acids is 2. The van der Waals surface area contributed by atoms with E-state index in [1.807, 2.05) is 63.2 Å². The molecular formula is C23H25N3O4. The molecule has 0 saturated carbocycles. The zero-order chi connectivity index (χ0) is 21.7. The van der Waals surface area contributed by atoms with Crippen molar-refractivity contribution in [2.24, 2.45) is 0 Å². The quantitative estimate of drug-likeness (QED) is 0.627. The molecule has 0 aliphatic carbocycles. The van der Waals surface area contributed by atoms with Gasteiger partial charge in [0.2, 0.25) is 0 Å². The number of benzene rings is 2. The molecule has 3 aromatic rings. The van der Waals surface area contributed by atoms with Crippen molar-refractivity contribution < 1.29 is 19.1 Å². The van der Waals surface area contributed by atoms with Crippen LogP contribution < -0.4 is 5.32 Å². The number of nitrogens with zero attached hydrogens (tertiary/aromatic N) is 2. The molecule has 0 atom stereocenters. The Balaban J connectivity index is 1.90. The number of amides is 1. The van der Waals surface area contributed by atoms with Gasteiger partial charge in [-0.1, -0.05) is 36.4 Å². The maximum Gasteiger partial charge on any atom is 0.407 e. The van der Waals surface area contributed by atoms with Gasteiger partial charge in [-0.3, -0.25) is 0 Å². The van der Waals surface area contributed by atoms with Gasteiger partial charge in [-0.25, -0.2) is 19.6 Å². The molecule has 0 radical (unpaired) electrons. The van der Waals surface area contributed by atoms with Gasteiger partial charge in [0.15, 0.2) is 11.5 Å². The molecule has 0 spiro atoms. The first-order chi connectivity index (χ1) is 14.3. The molecular weight excluding hydrogens is 382 g/mol. The summed E-state index contributed by atoms with van der Waals surface area (Å²) in [5.41, 5.74) is 1.91. The fourth-order valence-corrected chi connectivity index (χ4v) is 2.87. The van der Waals surface area contributed by atoms with Crippen LogP contribution in [0, 0.1) is 0 Å². The molecule has 7 nitrogen and oxygen atoms in total. The molecule has 0 aliphatic heterocycles. The highest BCUT2D eigenvalue weighted by atomic mass is 16.6. The van der Waals surface area contributed by atoms with E-state index >= 15 is 0 Å². The second kappa shape index (κ2) is 8.90. The number of esters is 1. The normalized spacial score (nSPS) is 11.2. The van der Waals surface area contributed by atoms with Crippen LogP contribution in [0.25, 0.3) is 22.3 Å². The topological polar surface area (TPSA) is 90.4 Å². The molecule has 7 heteroatoms. The Labute approximate surface area is 175 Å². The number of carbonyl (C=O) groups is 2. The predicted molar refractivity (Wildman–Crippen MR) is 114 cm³/mol. The summed E-state index contributed by atoms with van der Waals surface area (Å²) in [6.07, 6.45) is -0.487. The molecule has 3 rings (SSSR count). The SMILES string of the molecule is CCOC(=O)c1nc(-c2cccc(CNC(=O)OC(C)(C)C)c2)nc2ccccc12. The second-order valence-corrected chi connectivity index (χ2v) is 7.69. The van der Waals surface area contributed by atoms with Crippen molar-refractivity contribution in [1.82, 2.24) is 15.3 Å². The number of alkyl carbamates (subject to hydrolysis) is 1. The van der Waals surface area contributed by atoms with Crippen molar-refractivity contribution in [1.29, 1.82) is 0 Å². The molecule has 156 valence electrons. The zero-order valence-corrected chi connectivity index (χ0v) is 17.6. The molecule has 0 fully saturated rings. The van der Waals surface area contributed by atoms with E-state index in [-0.39, 0.29) is 12.3 Å². The Morgan fingerprint density at radius 2 is 1.80 bits per heavy atom. The van der Waals surface area contributed by atoms with E-state index in [0.717, 1.165) is 11.1 Å². The lowest BCUT2D eigenvalue weighted by molar-refractivity contribution is 0.0512. The van der Waals surface area contributed by atoms with Gasteiger partial charge in [0.25, 0.3) is 0 Å². The van der Waals surface area contributed by atoms with E-state index in [4.69, 9.17) is 9.47 Å². The fourth-order valence-electron chi connectivity index (χ4n) is 2.87. The van der Waals surface area contributed by atoms with Crippen molar-refractivity contribution in [2.75, 3.05) is 6.61 Å². The molecule has 0 unspecified atom stereocenters. The molecule has 1 heterocycles. The monoisotopic (exact) mass is 407 g/mol. The van der Waals surface area contributed by atoms with Crippen LogP contribution >= 0.6 is 0 Å². The molecule has 1 aromatic heterocycles. The Morgan fingerprint density at radius 3 is 2.53 bits per heavy atom. The van der Waals surface area contributed by atoms with Crippen molar-refractivity contribution in [3.05, 3.63) is 59.8 Å². The molecule has 2 aromatic carbocycles. The average Bonchev–Trinajstić information content (AvgIpc) is 2.70. The van der Waals surface area contributed by atoms with Gasteiger partial charge in [0, 0.05) is 17.5 Å². The maximum atomic E-state index is 12.4. The summed E-state index contributed by atoms with van der Waals surface area (Å²) >= 11 is 0. The predicted octanol–water partition coefficient (Wildman–Crippen LogP) is 4.50. The first-order valence-corrected chi connectivity index (χ1v) is 9.77. The number of hydrogen-bond acceptors (Lipinski definition) is 6. The number of nitrogens with one attached hydrogen (secondary N) is 1. The second-order valence-electron chi connectivity index (χ2n) is 7.69. The summed E-state index contributed by atoms with van der Waals surface area (Å²) in [4.78, 5) is 33.4. The number of ether oxygens (including phenoxy) is 2. The molecule has 0 saturated heterocycles. The first kappa shape index (κ1) is 21.2. The number of fused-ring (bicyclic) bond motifs is 1. The van der Waals surface area contributed by atoms with Gasteiger partial charge < -0.3 is 14.8 Å². The van der Waals surface area contributed by atoms with Crippen molar-refractivity contribution in [3.8, 4) is 11.4 Å². The van der Waals surface area contributed by atoms with Crippen molar-refractivity contribution in [3.63, 3.8) is 0 Å². The van der Waals surface area contributed by atoms with E-state index < -0.39 is 17.7 Å². The van der Waals surface area contributed by atoms with Gasteiger partial charge in [-0.2, -0.15) is 0 Å². The summed E-state index contributed by atoms with van der Waals surface area (Å²) in [6.45, 7) is 7.74. The Hall–Kier alpha value is -3.48. The lowest BCUT2D eigenvalue weighted by atomic mass is 10.1. The minimum Gasteiger partial charge on any atom is -0.461 e. The highest BCUT2D eigenvalue weighted by Gasteiger charge is 2.18. The largest absolute Gasteiger partial charge is 0.461 e. The number of para-hydroxylation sites is 1. The third kappa shape index (κ3) is 5.31. The zero-order valence-electron chi connectivity index (χ0n) is 17.6. The minimum atomic E-state index is -0.561. The third-order valence-corrected chi connectivity index (χ3v) is 4.09. The highest BCUT2D eigenvalue weighted by Crippen LogP contribution is 2.23. The van der Waals surface area contributed by atoms with E-state index in [9.17, 15) is 9.59 Å². The Kier molecular flexibility index (Phi) is 6.30. The van der Waals surface area contributed by atoms with E-state index in [1.54, 1.807) is 13.0 Å².